The molecule has 18 heavy (non-hydrogen) atoms. The third kappa shape index (κ3) is 3.02. The Morgan fingerprint density at radius 1 is 1.50 bits per heavy atom. The normalized spacial score (nSPS) is 24.9. The number of hydrogen-bond acceptors (Lipinski definition) is 3. The molecule has 1 atom stereocenters. The van der Waals surface area contributed by atoms with Gasteiger partial charge in [0, 0.05) is 19.1 Å². The van der Waals surface area contributed by atoms with Crippen molar-refractivity contribution in [3.05, 3.63) is 0 Å². The monoisotopic (exact) mass is 253 g/mol. The lowest BCUT2D eigenvalue weighted by Crippen LogP contribution is -2.47. The molecule has 1 saturated carbocycles. The van der Waals surface area contributed by atoms with Crippen LogP contribution in [-0.4, -0.2) is 59.9 Å². The van der Waals surface area contributed by atoms with Gasteiger partial charge in [0.25, 0.3) is 0 Å². The molecule has 0 radical (unpaired) electrons. The Labute approximate surface area is 108 Å². The third-order valence-electron chi connectivity index (χ3n) is 3.71. The average Bonchev–Trinajstić information content (AvgIpc) is 3.16. The molecule has 1 aliphatic heterocycles. The summed E-state index contributed by atoms with van der Waals surface area (Å²) in [7, 11) is 0. The van der Waals surface area contributed by atoms with Crippen LogP contribution in [0.3, 0.4) is 0 Å². The van der Waals surface area contributed by atoms with Crippen molar-refractivity contribution < 1.29 is 9.59 Å². The molecule has 0 bridgehead atoms. The molecule has 0 aromatic rings. The van der Waals surface area contributed by atoms with Crippen molar-refractivity contribution in [1.29, 1.82) is 0 Å². The quantitative estimate of drug-likeness (QED) is 0.779. The lowest BCUT2D eigenvalue weighted by molar-refractivity contribution is -0.141. The fourth-order valence-electron chi connectivity index (χ4n) is 2.50. The maximum atomic E-state index is 12.2. The Balaban J connectivity index is 1.93. The Bertz CT molecular complexity index is 328. The van der Waals surface area contributed by atoms with Crippen LogP contribution in [0.1, 0.15) is 33.1 Å². The third-order valence-corrected chi connectivity index (χ3v) is 3.71. The van der Waals surface area contributed by atoms with Crippen LogP contribution < -0.4 is 5.32 Å². The number of hydrogen-bond donors (Lipinski definition) is 1. The van der Waals surface area contributed by atoms with E-state index in [1.165, 1.54) is 0 Å². The van der Waals surface area contributed by atoms with Gasteiger partial charge >= 0.3 is 0 Å². The SMILES string of the molecule is CCN(C(=O)CN1CCCNC(C)C1=O)C1CC1. The first-order valence-electron chi connectivity index (χ1n) is 6.95. The molecule has 1 unspecified atom stereocenters. The predicted molar refractivity (Wildman–Crippen MR) is 69.1 cm³/mol. The molecule has 2 fully saturated rings. The van der Waals surface area contributed by atoms with Crippen molar-refractivity contribution in [2.75, 3.05) is 26.2 Å². The van der Waals surface area contributed by atoms with Crippen LogP contribution in [0.2, 0.25) is 0 Å². The van der Waals surface area contributed by atoms with Gasteiger partial charge in [0.05, 0.1) is 12.6 Å². The minimum Gasteiger partial charge on any atom is -0.338 e. The molecular weight excluding hydrogens is 230 g/mol. The van der Waals surface area contributed by atoms with E-state index in [9.17, 15) is 9.59 Å². The van der Waals surface area contributed by atoms with Gasteiger partial charge in [0.1, 0.15) is 0 Å². The van der Waals surface area contributed by atoms with Crippen LogP contribution in [-0.2, 0) is 9.59 Å². The van der Waals surface area contributed by atoms with Crippen LogP contribution in [0.15, 0.2) is 0 Å². The van der Waals surface area contributed by atoms with Crippen LogP contribution in [0.5, 0.6) is 0 Å². The van der Waals surface area contributed by atoms with Crippen LogP contribution in [0.25, 0.3) is 0 Å². The highest BCUT2D eigenvalue weighted by atomic mass is 16.2. The molecule has 1 heterocycles. The second kappa shape index (κ2) is 5.69. The second-order valence-corrected chi connectivity index (χ2v) is 5.20. The zero-order valence-corrected chi connectivity index (χ0v) is 11.3. The summed E-state index contributed by atoms with van der Waals surface area (Å²) in [5.41, 5.74) is 0. The van der Waals surface area contributed by atoms with Gasteiger partial charge in [-0.3, -0.25) is 9.59 Å². The fourth-order valence-corrected chi connectivity index (χ4v) is 2.50. The second-order valence-electron chi connectivity index (χ2n) is 5.20. The molecule has 5 heteroatoms. The minimum absolute atomic E-state index is 0.0488. The van der Waals surface area contributed by atoms with E-state index in [-0.39, 0.29) is 24.4 Å². The Kier molecular flexibility index (Phi) is 4.22. The molecule has 2 amide bonds. The zero-order chi connectivity index (χ0) is 13.1. The van der Waals surface area contributed by atoms with Crippen molar-refractivity contribution in [3.8, 4) is 0 Å². The molecule has 2 rings (SSSR count). The molecule has 5 nitrogen and oxygen atoms in total. The summed E-state index contributed by atoms with van der Waals surface area (Å²) >= 11 is 0. The van der Waals surface area contributed by atoms with Gasteiger partial charge < -0.3 is 15.1 Å². The topological polar surface area (TPSA) is 52.7 Å². The van der Waals surface area contributed by atoms with Gasteiger partial charge in [-0.25, -0.2) is 0 Å². The van der Waals surface area contributed by atoms with E-state index in [0.29, 0.717) is 12.6 Å². The Morgan fingerprint density at radius 2 is 2.22 bits per heavy atom. The van der Waals surface area contributed by atoms with Crippen LogP contribution in [0.4, 0.5) is 0 Å². The van der Waals surface area contributed by atoms with Crippen LogP contribution >= 0.6 is 0 Å². The van der Waals surface area contributed by atoms with Crippen molar-refractivity contribution in [2.24, 2.45) is 0 Å². The highest BCUT2D eigenvalue weighted by Gasteiger charge is 2.33. The van der Waals surface area contributed by atoms with Gasteiger partial charge in [0.2, 0.25) is 11.8 Å². The van der Waals surface area contributed by atoms with Gasteiger partial charge in [-0.15, -0.1) is 0 Å². The summed E-state index contributed by atoms with van der Waals surface area (Å²) in [4.78, 5) is 27.9. The molecule has 1 saturated heterocycles. The van der Waals surface area contributed by atoms with E-state index in [4.69, 9.17) is 0 Å². The van der Waals surface area contributed by atoms with Gasteiger partial charge in [-0.05, 0) is 39.7 Å². The highest BCUT2D eigenvalue weighted by molar-refractivity contribution is 5.87. The number of amides is 2. The number of carbonyl (C=O) groups excluding carboxylic acids is 2. The molecule has 2 aliphatic rings. The fraction of sp³-hybridized carbons (Fsp3) is 0.846. The van der Waals surface area contributed by atoms with E-state index in [1.807, 2.05) is 18.7 Å². The van der Waals surface area contributed by atoms with Crippen molar-refractivity contribution >= 4 is 11.8 Å². The molecule has 1 N–H and O–H groups in total. The highest BCUT2D eigenvalue weighted by Crippen LogP contribution is 2.26. The van der Waals surface area contributed by atoms with E-state index in [0.717, 1.165) is 32.4 Å². The maximum absolute atomic E-state index is 12.2. The number of nitrogens with one attached hydrogen (secondary N) is 1. The average molecular weight is 253 g/mol. The first-order valence-corrected chi connectivity index (χ1v) is 6.95. The Morgan fingerprint density at radius 3 is 2.83 bits per heavy atom. The van der Waals surface area contributed by atoms with E-state index in [2.05, 4.69) is 5.32 Å². The minimum atomic E-state index is -0.170. The maximum Gasteiger partial charge on any atom is 0.242 e. The number of likely N-dealkylation sites (N-methyl/N-ethyl adjacent to an activating group) is 1. The first kappa shape index (κ1) is 13.3. The smallest absolute Gasteiger partial charge is 0.242 e. The molecule has 0 spiro atoms. The van der Waals surface area contributed by atoms with Crippen molar-refractivity contribution in [2.45, 2.75) is 45.2 Å². The molecule has 102 valence electrons. The summed E-state index contributed by atoms with van der Waals surface area (Å²) in [5, 5.41) is 3.16. The predicted octanol–water partition coefficient (Wildman–Crippen LogP) is 0.208. The number of carbonyl (C=O) groups is 2. The standard InChI is InChI=1S/C13H23N3O2/c1-3-16(11-5-6-11)12(17)9-15-8-4-7-14-10(2)13(15)18/h10-11,14H,3-9H2,1-2H3. The number of nitrogens with zero attached hydrogens (tertiary/aromatic N) is 2. The largest absolute Gasteiger partial charge is 0.338 e. The molecule has 1 aliphatic carbocycles. The first-order chi connectivity index (χ1) is 8.63. The lowest BCUT2D eigenvalue weighted by Gasteiger charge is -2.26. The van der Waals surface area contributed by atoms with Crippen molar-refractivity contribution in [1.82, 2.24) is 15.1 Å². The van der Waals surface area contributed by atoms with Gasteiger partial charge in [-0.1, -0.05) is 0 Å². The zero-order valence-electron chi connectivity index (χ0n) is 11.3. The summed E-state index contributed by atoms with van der Waals surface area (Å²) < 4.78 is 0. The number of rotatable bonds is 4. The molecular formula is C13H23N3O2. The van der Waals surface area contributed by atoms with Crippen molar-refractivity contribution in [3.63, 3.8) is 0 Å². The van der Waals surface area contributed by atoms with E-state index in [1.54, 1.807) is 4.90 Å². The molecule has 0 aromatic carbocycles. The van der Waals surface area contributed by atoms with E-state index < -0.39 is 0 Å². The van der Waals surface area contributed by atoms with Gasteiger partial charge in [-0.2, -0.15) is 0 Å². The summed E-state index contributed by atoms with van der Waals surface area (Å²) in [6, 6.07) is 0.261. The summed E-state index contributed by atoms with van der Waals surface area (Å²) in [6.07, 6.45) is 3.15. The molecule has 0 aromatic heterocycles. The summed E-state index contributed by atoms with van der Waals surface area (Å²) in [6.45, 7) is 6.39. The van der Waals surface area contributed by atoms with E-state index >= 15 is 0 Å². The Hall–Kier alpha value is -1.10. The van der Waals surface area contributed by atoms with Crippen LogP contribution in [0, 0.1) is 0 Å². The summed E-state index contributed by atoms with van der Waals surface area (Å²) in [5.74, 6) is 0.148. The lowest BCUT2D eigenvalue weighted by atomic mass is 10.3. The van der Waals surface area contributed by atoms with Gasteiger partial charge in [0.15, 0.2) is 0 Å².